The van der Waals surface area contributed by atoms with Crippen LogP contribution in [0, 0.1) is 5.41 Å². The van der Waals surface area contributed by atoms with Gasteiger partial charge in [-0.05, 0) is 63.1 Å². The molecule has 0 radical (unpaired) electrons. The highest BCUT2D eigenvalue weighted by atomic mass is 16.2. The molecule has 26 heavy (non-hydrogen) atoms. The minimum Gasteiger partial charge on any atom is -0.372 e. The molecule has 3 rings (SSSR count). The third-order valence-corrected chi connectivity index (χ3v) is 4.90. The Morgan fingerprint density at radius 1 is 0.846 bits per heavy atom. The van der Waals surface area contributed by atoms with Gasteiger partial charge in [0, 0.05) is 30.2 Å². The molecular weight excluding hydrogens is 326 g/mol. The third-order valence-electron chi connectivity index (χ3n) is 4.90. The van der Waals surface area contributed by atoms with E-state index in [1.54, 1.807) is 0 Å². The van der Waals surface area contributed by atoms with Crippen LogP contribution >= 0.6 is 0 Å². The molecule has 0 atom stereocenters. The zero-order valence-electron chi connectivity index (χ0n) is 15.3. The number of amides is 2. The fraction of sp³-hybridized carbons (Fsp3) is 0.333. The van der Waals surface area contributed by atoms with E-state index in [1.807, 2.05) is 54.6 Å². The molecule has 0 spiro atoms. The van der Waals surface area contributed by atoms with Crippen molar-refractivity contribution in [2.24, 2.45) is 5.41 Å². The molecule has 5 heteroatoms. The molecule has 0 bridgehead atoms. The Hall–Kier alpha value is -2.82. The summed E-state index contributed by atoms with van der Waals surface area (Å²) in [5, 5.41) is 5.74. The fourth-order valence-electron chi connectivity index (χ4n) is 3.05. The van der Waals surface area contributed by atoms with Crippen molar-refractivity contribution in [3.8, 4) is 0 Å². The van der Waals surface area contributed by atoms with Crippen LogP contribution in [0.1, 0.15) is 26.7 Å². The maximum atomic E-state index is 12.7. The average molecular weight is 351 g/mol. The summed E-state index contributed by atoms with van der Waals surface area (Å²) in [7, 11) is 0. The Bertz CT molecular complexity index is 764. The van der Waals surface area contributed by atoms with Crippen LogP contribution in [0.2, 0.25) is 0 Å². The molecule has 0 heterocycles. The van der Waals surface area contributed by atoms with E-state index in [4.69, 9.17) is 0 Å². The molecule has 0 unspecified atom stereocenters. The van der Waals surface area contributed by atoms with Gasteiger partial charge in [0.25, 0.3) is 0 Å². The highest BCUT2D eigenvalue weighted by Gasteiger charge is 2.56. The summed E-state index contributed by atoms with van der Waals surface area (Å²) in [4.78, 5) is 27.5. The van der Waals surface area contributed by atoms with E-state index in [2.05, 4.69) is 29.4 Å². The second-order valence-electron chi connectivity index (χ2n) is 6.58. The highest BCUT2D eigenvalue weighted by molar-refractivity contribution is 6.16. The van der Waals surface area contributed by atoms with E-state index in [9.17, 15) is 9.59 Å². The van der Waals surface area contributed by atoms with E-state index in [-0.39, 0.29) is 11.8 Å². The first-order chi connectivity index (χ1) is 12.6. The van der Waals surface area contributed by atoms with Gasteiger partial charge in [-0.2, -0.15) is 0 Å². The number of rotatable bonds is 7. The Morgan fingerprint density at radius 2 is 1.35 bits per heavy atom. The topological polar surface area (TPSA) is 61.4 Å². The summed E-state index contributed by atoms with van der Waals surface area (Å²) >= 11 is 0. The number of benzene rings is 2. The Labute approximate surface area is 154 Å². The standard InChI is InChI=1S/C21H25N3O2/c1-3-24(4-2)18-12-10-17(11-13-18)23-20(26)21(14-15-21)19(25)22-16-8-6-5-7-9-16/h5-13H,3-4,14-15H2,1-2H3,(H,22,25)(H,23,26). The molecule has 0 saturated heterocycles. The summed E-state index contributed by atoms with van der Waals surface area (Å²) < 4.78 is 0. The molecule has 2 aromatic rings. The first-order valence-corrected chi connectivity index (χ1v) is 9.12. The van der Waals surface area contributed by atoms with Crippen molar-refractivity contribution in [2.75, 3.05) is 28.6 Å². The number of carbonyl (C=O) groups excluding carboxylic acids is 2. The maximum absolute atomic E-state index is 12.7. The third kappa shape index (κ3) is 3.72. The first kappa shape index (κ1) is 18.0. The van der Waals surface area contributed by atoms with Gasteiger partial charge < -0.3 is 15.5 Å². The van der Waals surface area contributed by atoms with Crippen LogP contribution in [0.25, 0.3) is 0 Å². The van der Waals surface area contributed by atoms with Crippen LogP contribution in [-0.4, -0.2) is 24.9 Å². The van der Waals surface area contributed by atoms with Gasteiger partial charge in [0.1, 0.15) is 5.41 Å². The van der Waals surface area contributed by atoms with Crippen molar-refractivity contribution >= 4 is 28.9 Å². The zero-order chi connectivity index (χ0) is 18.6. The van der Waals surface area contributed by atoms with Gasteiger partial charge in [0.2, 0.25) is 11.8 Å². The van der Waals surface area contributed by atoms with E-state index >= 15 is 0 Å². The minimum atomic E-state index is -0.951. The lowest BCUT2D eigenvalue weighted by atomic mass is 10.0. The van der Waals surface area contributed by atoms with E-state index in [0.717, 1.165) is 18.8 Å². The predicted octanol–water partition coefficient (Wildman–Crippen LogP) is 3.89. The largest absolute Gasteiger partial charge is 0.372 e. The molecule has 1 aliphatic rings. The van der Waals surface area contributed by atoms with E-state index < -0.39 is 5.41 Å². The molecule has 1 fully saturated rings. The average Bonchev–Trinajstić information content (AvgIpc) is 3.47. The van der Waals surface area contributed by atoms with Crippen LogP contribution in [0.15, 0.2) is 54.6 Å². The molecule has 136 valence electrons. The fourth-order valence-corrected chi connectivity index (χ4v) is 3.05. The summed E-state index contributed by atoms with van der Waals surface area (Å²) in [6.45, 7) is 6.10. The Kier molecular flexibility index (Phi) is 5.26. The van der Waals surface area contributed by atoms with Crippen LogP contribution in [0.4, 0.5) is 17.1 Å². The van der Waals surface area contributed by atoms with Crippen LogP contribution in [0.5, 0.6) is 0 Å². The quantitative estimate of drug-likeness (QED) is 0.744. The highest BCUT2D eigenvalue weighted by Crippen LogP contribution is 2.47. The summed E-state index contributed by atoms with van der Waals surface area (Å²) in [6.07, 6.45) is 1.16. The smallest absolute Gasteiger partial charge is 0.240 e. The number of carbonyl (C=O) groups is 2. The maximum Gasteiger partial charge on any atom is 0.240 e. The molecule has 2 aromatic carbocycles. The van der Waals surface area contributed by atoms with Gasteiger partial charge in [-0.15, -0.1) is 0 Å². The zero-order valence-corrected chi connectivity index (χ0v) is 15.3. The normalized spacial score (nSPS) is 14.4. The number of nitrogens with zero attached hydrogens (tertiary/aromatic N) is 1. The second kappa shape index (κ2) is 7.60. The summed E-state index contributed by atoms with van der Waals surface area (Å²) in [5.74, 6) is -0.470. The number of hydrogen-bond acceptors (Lipinski definition) is 3. The van der Waals surface area contributed by atoms with Crippen molar-refractivity contribution in [2.45, 2.75) is 26.7 Å². The van der Waals surface area contributed by atoms with Gasteiger partial charge in [-0.25, -0.2) is 0 Å². The SMILES string of the molecule is CCN(CC)c1ccc(NC(=O)C2(C(=O)Nc3ccccc3)CC2)cc1. The van der Waals surface area contributed by atoms with Gasteiger partial charge in [-0.3, -0.25) is 9.59 Å². The number of anilines is 3. The Balaban J connectivity index is 1.64. The molecule has 0 aromatic heterocycles. The van der Waals surface area contributed by atoms with Gasteiger partial charge >= 0.3 is 0 Å². The lowest BCUT2D eigenvalue weighted by Crippen LogP contribution is -2.35. The van der Waals surface area contributed by atoms with Gasteiger partial charge in [0.15, 0.2) is 0 Å². The summed E-state index contributed by atoms with van der Waals surface area (Å²) in [5.41, 5.74) is 1.59. The number of nitrogens with one attached hydrogen (secondary N) is 2. The van der Waals surface area contributed by atoms with Gasteiger partial charge in [0.05, 0.1) is 0 Å². The van der Waals surface area contributed by atoms with Crippen molar-refractivity contribution < 1.29 is 9.59 Å². The first-order valence-electron chi connectivity index (χ1n) is 9.12. The Morgan fingerprint density at radius 3 is 1.81 bits per heavy atom. The van der Waals surface area contributed by atoms with Crippen molar-refractivity contribution in [3.05, 3.63) is 54.6 Å². The molecule has 0 aliphatic heterocycles. The molecule has 5 nitrogen and oxygen atoms in total. The van der Waals surface area contributed by atoms with Crippen molar-refractivity contribution in [1.29, 1.82) is 0 Å². The van der Waals surface area contributed by atoms with Crippen molar-refractivity contribution in [1.82, 2.24) is 0 Å². The summed E-state index contributed by atoms with van der Waals surface area (Å²) in [6, 6.07) is 17.0. The molecule has 2 N–H and O–H groups in total. The second-order valence-corrected chi connectivity index (χ2v) is 6.58. The predicted molar refractivity (Wildman–Crippen MR) is 105 cm³/mol. The molecule has 2 amide bonds. The van der Waals surface area contributed by atoms with Crippen LogP contribution < -0.4 is 15.5 Å². The number of hydrogen-bond donors (Lipinski definition) is 2. The molecule has 1 saturated carbocycles. The lowest BCUT2D eigenvalue weighted by Gasteiger charge is -2.21. The van der Waals surface area contributed by atoms with Crippen molar-refractivity contribution in [3.63, 3.8) is 0 Å². The van der Waals surface area contributed by atoms with Crippen LogP contribution in [0.3, 0.4) is 0 Å². The minimum absolute atomic E-state index is 0.235. The number of para-hydroxylation sites is 1. The monoisotopic (exact) mass is 351 g/mol. The van der Waals surface area contributed by atoms with Crippen LogP contribution in [-0.2, 0) is 9.59 Å². The van der Waals surface area contributed by atoms with E-state index in [1.165, 1.54) is 0 Å². The van der Waals surface area contributed by atoms with Gasteiger partial charge in [-0.1, -0.05) is 18.2 Å². The van der Waals surface area contributed by atoms with E-state index in [0.29, 0.717) is 24.2 Å². The molecule has 1 aliphatic carbocycles. The molecular formula is C21H25N3O2. The lowest BCUT2D eigenvalue weighted by molar-refractivity contribution is -0.131.